The van der Waals surface area contributed by atoms with Crippen molar-refractivity contribution in [1.29, 1.82) is 0 Å². The second-order valence-electron chi connectivity index (χ2n) is 2.16. The number of carbonyl (C=O) groups excluding carboxylic acids is 1. The summed E-state index contributed by atoms with van der Waals surface area (Å²) in [6.07, 6.45) is 4.38. The van der Waals surface area contributed by atoms with E-state index in [1.54, 1.807) is 0 Å². The molecule has 0 aliphatic carbocycles. The van der Waals surface area contributed by atoms with Crippen molar-refractivity contribution in [1.82, 2.24) is 0 Å². The van der Waals surface area contributed by atoms with Crippen molar-refractivity contribution >= 4 is 60.5 Å². The molecule has 1 nitrogen and oxygen atoms in total. The summed E-state index contributed by atoms with van der Waals surface area (Å²) in [7, 11) is 0. The molecule has 0 unspecified atom stereocenters. The Morgan fingerprint density at radius 3 is 2.33 bits per heavy atom. The van der Waals surface area contributed by atoms with Crippen LogP contribution in [0.2, 0.25) is 0 Å². The zero-order valence-electron chi connectivity index (χ0n) is 6.74. The average molecular weight is 145 g/mol. The summed E-state index contributed by atoms with van der Waals surface area (Å²) in [5.41, 5.74) is 0. The molecule has 0 N–H and O–H groups in total. The fourth-order valence-corrected chi connectivity index (χ4v) is 0.977. The Balaban J connectivity index is 0. The van der Waals surface area contributed by atoms with Crippen LogP contribution >= 0.6 is 0 Å². The summed E-state index contributed by atoms with van der Waals surface area (Å²) in [6, 6.07) is 0. The van der Waals surface area contributed by atoms with Crippen molar-refractivity contribution in [3.05, 3.63) is 0 Å². The average Bonchev–Trinajstić information content (AvgIpc) is 1.66. The first-order valence-electron chi connectivity index (χ1n) is 3.26. The topological polar surface area (TPSA) is 17.1 Å². The molecule has 0 aromatic heterocycles. The number of unbranched alkanes of at least 4 members (excludes halogenated alkanes) is 2. The number of rotatable bonds is 4. The Bertz CT molecular complexity index is 73.5. The van der Waals surface area contributed by atoms with Gasteiger partial charge in [-0.2, -0.15) is 0 Å². The molecule has 0 aliphatic heterocycles. The van der Waals surface area contributed by atoms with Crippen LogP contribution in [0.3, 0.4) is 0 Å². The van der Waals surface area contributed by atoms with Gasteiger partial charge in [-0.1, -0.05) is 0 Å². The van der Waals surface area contributed by atoms with Gasteiger partial charge in [-0.25, -0.2) is 0 Å². The molecule has 43 valence electrons. The van der Waals surface area contributed by atoms with E-state index < -0.39 is 0 Å². The van der Waals surface area contributed by atoms with E-state index in [1.807, 2.05) is 0 Å². The van der Waals surface area contributed by atoms with Gasteiger partial charge in [-0.05, 0) is 0 Å². The monoisotopic (exact) mass is 145 g/mol. The van der Waals surface area contributed by atoms with Crippen LogP contribution in [0.4, 0.5) is 0 Å². The van der Waals surface area contributed by atoms with Gasteiger partial charge in [-0.3, -0.25) is 0 Å². The molecule has 0 saturated carbocycles. The molecule has 0 aromatic carbocycles. The van der Waals surface area contributed by atoms with Crippen LogP contribution in [0.25, 0.3) is 0 Å². The van der Waals surface area contributed by atoms with Crippen molar-refractivity contribution in [2.75, 3.05) is 0 Å². The van der Waals surface area contributed by atoms with Crippen LogP contribution in [-0.2, 0) is 4.79 Å². The standard InChI is InChI=1S/C6H11O.2Na/c1-2-3-4-5-6-7;;/h2-5H2,1H3;;. The Morgan fingerprint density at radius 2 is 2.00 bits per heavy atom. The molecular formula is C6H11Na2O. The Labute approximate surface area is 96.7 Å². The molecule has 1 radical (unpaired) electrons. The quantitative estimate of drug-likeness (QED) is 0.424. The second-order valence-corrected chi connectivity index (χ2v) is 3.27. The van der Waals surface area contributed by atoms with E-state index in [0.29, 0.717) is 3.03 Å². The largest absolute Gasteiger partial charge is 0 e. The van der Waals surface area contributed by atoms with Crippen LogP contribution in [0.5, 0.6) is 0 Å². The maximum Gasteiger partial charge on any atom is 0 e. The van der Waals surface area contributed by atoms with E-state index in [-0.39, 0.29) is 29.6 Å². The normalized spacial score (nSPS) is 8.33. The van der Waals surface area contributed by atoms with E-state index >= 15 is 0 Å². The first-order valence-corrected chi connectivity index (χ1v) is 4.26. The minimum Gasteiger partial charge on any atom is 0 e. The molecule has 0 spiro atoms. The maximum atomic E-state index is 10.4. The summed E-state index contributed by atoms with van der Waals surface area (Å²) in [5, 5.41) is 0. The van der Waals surface area contributed by atoms with Gasteiger partial charge in [0.05, 0.1) is 0 Å². The third-order valence-electron chi connectivity index (χ3n) is 1.13. The third kappa shape index (κ3) is 12.8. The van der Waals surface area contributed by atoms with Crippen molar-refractivity contribution in [2.24, 2.45) is 0 Å². The fourth-order valence-electron chi connectivity index (χ4n) is 0.624. The molecule has 0 fully saturated rings. The van der Waals surface area contributed by atoms with Crippen molar-refractivity contribution in [3.8, 4) is 0 Å². The molecule has 9 heavy (non-hydrogen) atoms. The molecule has 0 aliphatic rings. The first kappa shape index (κ1) is 13.3. The first-order chi connectivity index (χ1) is 3.77. The number of hydrogen-bond donors (Lipinski definition) is 0. The zero-order valence-corrected chi connectivity index (χ0v) is 10.7. The van der Waals surface area contributed by atoms with Crippen molar-refractivity contribution in [3.63, 3.8) is 0 Å². The molecule has 0 aromatic rings. The Kier molecular flexibility index (Phi) is 14.3. The smallest absolute Gasteiger partial charge is 0 e. The Hall–Kier alpha value is 1.67. The van der Waals surface area contributed by atoms with Gasteiger partial charge in [0.25, 0.3) is 0 Å². The summed E-state index contributed by atoms with van der Waals surface area (Å²) in [6.45, 7) is 2.15. The van der Waals surface area contributed by atoms with Crippen LogP contribution in [0.1, 0.15) is 32.6 Å². The molecule has 0 heterocycles. The van der Waals surface area contributed by atoms with Gasteiger partial charge in [0, 0.05) is 29.6 Å². The molecule has 0 bridgehead atoms. The van der Waals surface area contributed by atoms with E-state index in [0.717, 1.165) is 40.8 Å². The SMILES string of the molecule is CCCCC[C](=O)[Na].[Na]. The molecular weight excluding hydrogens is 134 g/mol. The molecule has 0 amide bonds. The minimum absolute atomic E-state index is 0. The van der Waals surface area contributed by atoms with E-state index in [9.17, 15) is 4.79 Å². The third-order valence-corrected chi connectivity index (χ3v) is 1.63. The summed E-state index contributed by atoms with van der Waals surface area (Å²) in [5.74, 6) is 0. The second kappa shape index (κ2) is 9.67. The minimum atomic E-state index is 0. The van der Waals surface area contributed by atoms with Crippen LogP contribution in [0, 0.1) is 0 Å². The van der Waals surface area contributed by atoms with E-state index in [4.69, 9.17) is 0 Å². The molecule has 0 saturated heterocycles. The molecule has 3 heteroatoms. The fraction of sp³-hybridized carbons (Fsp3) is 0.833. The van der Waals surface area contributed by atoms with Gasteiger partial charge in [-0.15, -0.1) is 0 Å². The van der Waals surface area contributed by atoms with Crippen molar-refractivity contribution in [2.45, 2.75) is 32.6 Å². The van der Waals surface area contributed by atoms with Crippen LogP contribution < -0.4 is 0 Å². The number of carbonyl (C=O) groups is 1. The van der Waals surface area contributed by atoms with Crippen LogP contribution in [-0.4, -0.2) is 60.5 Å². The summed E-state index contributed by atoms with van der Waals surface area (Å²) >= 11 is 0.747. The molecule has 0 atom stereocenters. The predicted octanol–water partition coefficient (Wildman–Crippen LogP) is 0.881. The van der Waals surface area contributed by atoms with E-state index in [1.165, 1.54) is 12.8 Å². The Morgan fingerprint density at radius 1 is 1.44 bits per heavy atom. The van der Waals surface area contributed by atoms with E-state index in [2.05, 4.69) is 6.92 Å². The molecule has 0 rings (SSSR count). The van der Waals surface area contributed by atoms with Gasteiger partial charge < -0.3 is 0 Å². The predicted molar refractivity (Wildman–Crippen MR) is 40.7 cm³/mol. The van der Waals surface area contributed by atoms with Gasteiger partial charge in [0.1, 0.15) is 0 Å². The zero-order chi connectivity index (χ0) is 6.41. The van der Waals surface area contributed by atoms with Crippen LogP contribution in [0.15, 0.2) is 0 Å². The van der Waals surface area contributed by atoms with Crippen molar-refractivity contribution < 1.29 is 4.79 Å². The summed E-state index contributed by atoms with van der Waals surface area (Å²) in [4.78, 5) is 10.4. The van der Waals surface area contributed by atoms with Gasteiger partial charge in [0.2, 0.25) is 0 Å². The number of hydrogen-bond acceptors (Lipinski definition) is 1. The maximum absolute atomic E-state index is 10.4. The van der Waals surface area contributed by atoms with Gasteiger partial charge >= 0.3 is 68.4 Å². The van der Waals surface area contributed by atoms with Gasteiger partial charge in [0.15, 0.2) is 0 Å². The summed E-state index contributed by atoms with van der Waals surface area (Å²) < 4.78 is 0.457.